The van der Waals surface area contributed by atoms with Crippen LogP contribution < -0.4 is 5.32 Å². The third-order valence-electron chi connectivity index (χ3n) is 8.13. The molecule has 2 unspecified atom stereocenters. The molecule has 5 nitrogen and oxygen atoms in total. The molecule has 38 heavy (non-hydrogen) atoms. The molecule has 0 radical (unpaired) electrons. The predicted octanol–water partition coefficient (Wildman–Crippen LogP) is 5.99. The summed E-state index contributed by atoms with van der Waals surface area (Å²) in [6.45, 7) is 12.2. The number of carbonyl (C=O) groups is 2. The number of benzene rings is 2. The molecule has 0 spiro atoms. The second-order valence-corrected chi connectivity index (χ2v) is 13.0. The third-order valence-corrected chi connectivity index (χ3v) is 8.80. The van der Waals surface area contributed by atoms with Crippen LogP contribution in [0.4, 0.5) is 8.78 Å². The molecule has 2 amide bonds. The van der Waals surface area contributed by atoms with Crippen LogP contribution in [0, 0.1) is 21.1 Å². The highest BCUT2D eigenvalue weighted by molar-refractivity contribution is 14.1. The number of nitrogens with zero attached hydrogens (tertiary/aromatic N) is 2. The van der Waals surface area contributed by atoms with Gasteiger partial charge in [0.25, 0.3) is 0 Å². The highest BCUT2D eigenvalue weighted by Gasteiger charge is 2.44. The van der Waals surface area contributed by atoms with Crippen molar-refractivity contribution in [1.82, 2.24) is 15.1 Å². The van der Waals surface area contributed by atoms with Crippen LogP contribution in [0.15, 0.2) is 36.4 Å². The molecule has 0 bridgehead atoms. The summed E-state index contributed by atoms with van der Waals surface area (Å²) >= 11 is 2.29. The molecule has 0 aliphatic carbocycles. The largest absolute Gasteiger partial charge is 0.350 e. The zero-order chi connectivity index (χ0) is 27.8. The molecule has 8 heteroatoms. The fourth-order valence-electron chi connectivity index (χ4n) is 6.04. The summed E-state index contributed by atoms with van der Waals surface area (Å²) in [6.07, 6.45) is 1.66. The van der Waals surface area contributed by atoms with Gasteiger partial charge in [0, 0.05) is 54.2 Å². The second-order valence-electron chi connectivity index (χ2n) is 11.7. The van der Waals surface area contributed by atoms with Crippen molar-refractivity contribution >= 4 is 34.4 Å². The van der Waals surface area contributed by atoms with Gasteiger partial charge >= 0.3 is 0 Å². The lowest BCUT2D eigenvalue weighted by Crippen LogP contribution is -2.44. The minimum atomic E-state index is -0.607. The molecular formula is C30H38F2IN3O2. The Morgan fingerprint density at radius 1 is 1.03 bits per heavy atom. The van der Waals surface area contributed by atoms with Gasteiger partial charge in [0.2, 0.25) is 11.8 Å². The van der Waals surface area contributed by atoms with Gasteiger partial charge in [0.15, 0.2) is 0 Å². The van der Waals surface area contributed by atoms with Crippen LogP contribution in [-0.4, -0.2) is 53.3 Å². The first-order chi connectivity index (χ1) is 17.8. The molecule has 2 heterocycles. The molecule has 2 saturated heterocycles. The fourth-order valence-corrected chi connectivity index (χ4v) is 6.55. The fraction of sp³-hybridized carbons (Fsp3) is 0.533. The van der Waals surface area contributed by atoms with E-state index in [0.29, 0.717) is 37.7 Å². The highest BCUT2D eigenvalue weighted by atomic mass is 127. The molecule has 2 fully saturated rings. The van der Waals surface area contributed by atoms with Gasteiger partial charge in [0.1, 0.15) is 11.6 Å². The Morgan fingerprint density at radius 3 is 2.29 bits per heavy atom. The standard InChI is InChI=1S/C30H38F2IN3O2/c1-18(34-19(2)37)25-15-22(33)7-9-23(25)20-10-12-35(13-11-20)29(38)27-17-36(30(3,4)5)16-26(27)24-8-6-21(31)14-28(24)32/h6-9,14-15,18,20,26-27H,10-13,16-17H2,1-5H3,(H,34,37)/t18-,26?,27?/m0/s1. The van der Waals surface area contributed by atoms with Crippen molar-refractivity contribution in [3.05, 3.63) is 68.3 Å². The van der Waals surface area contributed by atoms with Crippen LogP contribution >= 0.6 is 22.6 Å². The lowest BCUT2D eigenvalue weighted by molar-refractivity contribution is -0.136. The molecule has 0 saturated carbocycles. The van der Waals surface area contributed by atoms with Gasteiger partial charge in [-0.3, -0.25) is 14.5 Å². The number of carbonyl (C=O) groups excluding carboxylic acids is 2. The molecule has 2 aromatic carbocycles. The summed E-state index contributed by atoms with van der Waals surface area (Å²) in [4.78, 5) is 29.7. The van der Waals surface area contributed by atoms with Crippen molar-refractivity contribution in [3.63, 3.8) is 0 Å². The Labute approximate surface area is 238 Å². The van der Waals surface area contributed by atoms with E-state index in [-0.39, 0.29) is 35.2 Å². The van der Waals surface area contributed by atoms with Crippen LogP contribution in [-0.2, 0) is 9.59 Å². The van der Waals surface area contributed by atoms with E-state index < -0.39 is 11.6 Å². The Balaban J connectivity index is 1.51. The third kappa shape index (κ3) is 6.38. The van der Waals surface area contributed by atoms with Crippen LogP contribution in [0.3, 0.4) is 0 Å². The van der Waals surface area contributed by atoms with Gasteiger partial charge in [-0.05, 0) is 104 Å². The van der Waals surface area contributed by atoms with Crippen LogP contribution in [0.25, 0.3) is 0 Å². The molecule has 4 rings (SSSR count). The first-order valence-corrected chi connectivity index (χ1v) is 14.5. The monoisotopic (exact) mass is 637 g/mol. The topological polar surface area (TPSA) is 52.7 Å². The Bertz CT molecular complexity index is 1190. The van der Waals surface area contributed by atoms with Crippen molar-refractivity contribution in [2.75, 3.05) is 26.2 Å². The average Bonchev–Trinajstić information content (AvgIpc) is 3.29. The maximum absolute atomic E-state index is 14.8. The molecule has 206 valence electrons. The highest BCUT2D eigenvalue weighted by Crippen LogP contribution is 2.40. The van der Waals surface area contributed by atoms with Gasteiger partial charge in [0.05, 0.1) is 12.0 Å². The summed E-state index contributed by atoms with van der Waals surface area (Å²) in [5.74, 6) is -1.59. The number of likely N-dealkylation sites (tertiary alicyclic amines) is 2. The number of amides is 2. The van der Waals surface area contributed by atoms with E-state index in [1.165, 1.54) is 24.6 Å². The summed E-state index contributed by atoms with van der Waals surface area (Å²) in [6, 6.07) is 10.00. The van der Waals surface area contributed by atoms with Crippen molar-refractivity contribution in [3.8, 4) is 0 Å². The number of nitrogens with one attached hydrogen (secondary N) is 1. The van der Waals surface area contributed by atoms with Crippen molar-refractivity contribution in [1.29, 1.82) is 0 Å². The van der Waals surface area contributed by atoms with E-state index in [1.807, 2.05) is 11.8 Å². The zero-order valence-electron chi connectivity index (χ0n) is 22.9. The normalized spacial score (nSPS) is 21.9. The predicted molar refractivity (Wildman–Crippen MR) is 154 cm³/mol. The van der Waals surface area contributed by atoms with E-state index in [4.69, 9.17) is 0 Å². The van der Waals surface area contributed by atoms with Crippen LogP contribution in [0.5, 0.6) is 0 Å². The minimum absolute atomic E-state index is 0.0540. The first-order valence-electron chi connectivity index (χ1n) is 13.4. The number of hydrogen-bond donors (Lipinski definition) is 1. The molecule has 2 aliphatic heterocycles. The summed E-state index contributed by atoms with van der Waals surface area (Å²) in [5, 5.41) is 3.01. The maximum Gasteiger partial charge on any atom is 0.227 e. The molecular weight excluding hydrogens is 599 g/mol. The van der Waals surface area contributed by atoms with Gasteiger partial charge in [-0.1, -0.05) is 12.1 Å². The Morgan fingerprint density at radius 2 is 1.68 bits per heavy atom. The maximum atomic E-state index is 14.8. The molecule has 2 aromatic rings. The van der Waals surface area contributed by atoms with Crippen LogP contribution in [0.2, 0.25) is 0 Å². The van der Waals surface area contributed by atoms with E-state index in [2.05, 4.69) is 71.8 Å². The van der Waals surface area contributed by atoms with E-state index in [9.17, 15) is 18.4 Å². The average molecular weight is 638 g/mol. The van der Waals surface area contributed by atoms with Gasteiger partial charge < -0.3 is 10.2 Å². The molecule has 1 N–H and O–H groups in total. The van der Waals surface area contributed by atoms with Crippen molar-refractivity contribution in [2.45, 2.75) is 70.9 Å². The number of halogens is 3. The van der Waals surface area contributed by atoms with Gasteiger partial charge in [-0.25, -0.2) is 8.78 Å². The molecule has 3 atom stereocenters. The quantitative estimate of drug-likeness (QED) is 0.411. The van der Waals surface area contributed by atoms with Gasteiger partial charge in [-0.15, -0.1) is 0 Å². The SMILES string of the molecule is CC(=O)N[C@@H](C)c1cc(I)ccc1C1CCN(C(=O)C2CN(C(C)(C)C)CC2c2ccc(F)cc2F)CC1. The van der Waals surface area contributed by atoms with E-state index in [1.54, 1.807) is 0 Å². The Kier molecular flexibility index (Phi) is 8.81. The second kappa shape index (κ2) is 11.6. The molecule has 2 aliphatic rings. The van der Waals surface area contributed by atoms with E-state index >= 15 is 0 Å². The summed E-state index contributed by atoms with van der Waals surface area (Å²) in [5.41, 5.74) is 2.61. The lowest BCUT2D eigenvalue weighted by atomic mass is 9.83. The zero-order valence-corrected chi connectivity index (χ0v) is 25.0. The van der Waals surface area contributed by atoms with Crippen LogP contribution in [0.1, 0.15) is 82.0 Å². The molecule has 0 aromatic heterocycles. The Hall–Kier alpha value is -2.07. The van der Waals surface area contributed by atoms with E-state index in [0.717, 1.165) is 28.0 Å². The minimum Gasteiger partial charge on any atom is -0.350 e. The number of rotatable bonds is 5. The van der Waals surface area contributed by atoms with Crippen molar-refractivity contribution < 1.29 is 18.4 Å². The number of piperidine rings is 1. The van der Waals surface area contributed by atoms with Gasteiger partial charge in [-0.2, -0.15) is 0 Å². The summed E-state index contributed by atoms with van der Waals surface area (Å²) in [7, 11) is 0. The summed E-state index contributed by atoms with van der Waals surface area (Å²) < 4.78 is 29.6. The van der Waals surface area contributed by atoms with Crippen molar-refractivity contribution in [2.24, 2.45) is 5.92 Å². The lowest BCUT2D eigenvalue weighted by Gasteiger charge is -2.36. The smallest absolute Gasteiger partial charge is 0.227 e. The number of hydrogen-bond acceptors (Lipinski definition) is 3. The first kappa shape index (κ1) is 28.9.